The monoisotopic (exact) mass is 309 g/mol. The second-order valence-corrected chi connectivity index (χ2v) is 5.39. The average Bonchev–Trinajstić information content (AvgIpc) is 2.28. The van der Waals surface area contributed by atoms with Crippen LogP contribution in [0.1, 0.15) is 18.1 Å². The molecule has 0 aliphatic carbocycles. The molecule has 1 unspecified atom stereocenters. The van der Waals surface area contributed by atoms with E-state index in [-0.39, 0.29) is 0 Å². The maximum atomic E-state index is 13.1. The summed E-state index contributed by atoms with van der Waals surface area (Å²) in [6.07, 6.45) is 3.01. The lowest BCUT2D eigenvalue weighted by Gasteiger charge is -2.23. The van der Waals surface area contributed by atoms with Crippen LogP contribution in [0.5, 0.6) is 0 Å². The summed E-state index contributed by atoms with van der Waals surface area (Å²) in [5.41, 5.74) is 0.303. The highest BCUT2D eigenvalue weighted by Gasteiger charge is 2.24. The molecule has 1 aromatic carbocycles. The van der Waals surface area contributed by atoms with Crippen LogP contribution >= 0.6 is 15.9 Å². The fourth-order valence-corrected chi connectivity index (χ4v) is 2.30. The van der Waals surface area contributed by atoms with Crippen molar-refractivity contribution in [1.82, 2.24) is 4.98 Å². The summed E-state index contributed by atoms with van der Waals surface area (Å²) in [4.78, 5) is 3.77. The van der Waals surface area contributed by atoms with Gasteiger partial charge >= 0.3 is 0 Å². The molecule has 1 heterocycles. The number of benzene rings is 1. The lowest BCUT2D eigenvalue weighted by Crippen LogP contribution is -2.24. The van der Waals surface area contributed by atoms with Crippen molar-refractivity contribution in [1.29, 1.82) is 0 Å². The van der Waals surface area contributed by atoms with E-state index in [2.05, 4.69) is 20.9 Å². The molecule has 0 aliphatic heterocycles. The number of halogens is 2. The van der Waals surface area contributed by atoms with Gasteiger partial charge in [0.15, 0.2) is 0 Å². The normalized spacial score (nSPS) is 14.2. The number of hydrogen-bond acceptors (Lipinski definition) is 2. The van der Waals surface area contributed by atoms with E-state index in [1.54, 1.807) is 6.92 Å². The molecule has 0 spiro atoms. The highest BCUT2D eigenvalue weighted by atomic mass is 79.9. The van der Waals surface area contributed by atoms with Crippen LogP contribution in [0, 0.1) is 5.82 Å². The molecule has 0 saturated heterocycles. The minimum Gasteiger partial charge on any atom is -0.385 e. The van der Waals surface area contributed by atoms with Crippen LogP contribution in [0.4, 0.5) is 4.39 Å². The van der Waals surface area contributed by atoms with Crippen LogP contribution in [0.25, 0.3) is 0 Å². The van der Waals surface area contributed by atoms with E-state index in [1.165, 1.54) is 12.3 Å². The van der Waals surface area contributed by atoms with Crippen LogP contribution in [0.15, 0.2) is 47.2 Å². The molecule has 0 amide bonds. The standard InChI is InChI=1S/C14H13BrFNO/c1-14(18,11-6-13(16)9-17-8-11)7-10-3-2-4-12(15)5-10/h2-6,8-9,18H,7H2,1H3. The van der Waals surface area contributed by atoms with Crippen LogP contribution in [0.2, 0.25) is 0 Å². The topological polar surface area (TPSA) is 33.1 Å². The van der Waals surface area contributed by atoms with Gasteiger partial charge in [0.2, 0.25) is 0 Å². The Labute approximate surface area is 114 Å². The van der Waals surface area contributed by atoms with Gasteiger partial charge in [-0.3, -0.25) is 4.98 Å². The van der Waals surface area contributed by atoms with Gasteiger partial charge in [0, 0.05) is 22.7 Å². The zero-order valence-electron chi connectivity index (χ0n) is 9.90. The summed E-state index contributed by atoms with van der Waals surface area (Å²) in [6, 6.07) is 8.99. The largest absolute Gasteiger partial charge is 0.385 e. The van der Waals surface area contributed by atoms with E-state index in [4.69, 9.17) is 0 Å². The molecule has 0 saturated carbocycles. The first kappa shape index (κ1) is 13.2. The minimum absolute atomic E-state index is 0.400. The second kappa shape index (κ2) is 5.16. The van der Waals surface area contributed by atoms with Crippen LogP contribution < -0.4 is 0 Å². The van der Waals surface area contributed by atoms with E-state index in [1.807, 2.05) is 24.3 Å². The molecule has 0 fully saturated rings. The molecule has 1 aromatic heterocycles. The van der Waals surface area contributed by atoms with Gasteiger partial charge in [-0.05, 0) is 30.7 Å². The van der Waals surface area contributed by atoms with Crippen molar-refractivity contribution in [2.75, 3.05) is 0 Å². The van der Waals surface area contributed by atoms with E-state index in [0.717, 1.165) is 16.2 Å². The molecule has 1 N–H and O–H groups in total. The summed E-state index contributed by atoms with van der Waals surface area (Å²) in [6.45, 7) is 1.66. The highest BCUT2D eigenvalue weighted by Crippen LogP contribution is 2.26. The van der Waals surface area contributed by atoms with E-state index in [0.29, 0.717) is 12.0 Å². The van der Waals surface area contributed by atoms with Gasteiger partial charge in [0.25, 0.3) is 0 Å². The van der Waals surface area contributed by atoms with Gasteiger partial charge < -0.3 is 5.11 Å². The Morgan fingerprint density at radius 3 is 2.78 bits per heavy atom. The molecule has 2 nitrogen and oxygen atoms in total. The third kappa shape index (κ3) is 3.15. The molecule has 1 atom stereocenters. The molecule has 0 bridgehead atoms. The summed E-state index contributed by atoms with van der Waals surface area (Å²) >= 11 is 3.38. The van der Waals surface area contributed by atoms with E-state index in [9.17, 15) is 9.50 Å². The maximum Gasteiger partial charge on any atom is 0.141 e. The molecular weight excluding hydrogens is 297 g/mol. The quantitative estimate of drug-likeness (QED) is 0.942. The zero-order chi connectivity index (χ0) is 13.2. The first-order valence-corrected chi connectivity index (χ1v) is 6.34. The molecule has 0 aliphatic rings. The van der Waals surface area contributed by atoms with Crippen molar-refractivity contribution in [3.05, 3.63) is 64.1 Å². The van der Waals surface area contributed by atoms with Crippen molar-refractivity contribution < 1.29 is 9.50 Å². The fraction of sp³-hybridized carbons (Fsp3) is 0.214. The van der Waals surface area contributed by atoms with Crippen molar-refractivity contribution >= 4 is 15.9 Å². The van der Waals surface area contributed by atoms with Crippen molar-refractivity contribution in [2.45, 2.75) is 18.9 Å². The highest BCUT2D eigenvalue weighted by molar-refractivity contribution is 9.10. The van der Waals surface area contributed by atoms with Gasteiger partial charge in [-0.1, -0.05) is 28.1 Å². The average molecular weight is 310 g/mol. The van der Waals surface area contributed by atoms with E-state index >= 15 is 0 Å². The fourth-order valence-electron chi connectivity index (χ4n) is 1.85. The predicted octanol–water partition coefficient (Wildman–Crippen LogP) is 3.43. The van der Waals surface area contributed by atoms with Crippen LogP contribution in [0.3, 0.4) is 0 Å². The number of pyridine rings is 1. The molecule has 0 radical (unpaired) electrons. The molecular formula is C14H13BrFNO. The van der Waals surface area contributed by atoms with Gasteiger partial charge in [0.1, 0.15) is 5.82 Å². The number of hydrogen-bond donors (Lipinski definition) is 1. The smallest absolute Gasteiger partial charge is 0.141 e. The molecule has 94 valence electrons. The Hall–Kier alpha value is -1.26. The molecule has 2 rings (SSSR count). The summed E-state index contributed by atoms with van der Waals surface area (Å²) in [5.74, 6) is -0.443. The van der Waals surface area contributed by atoms with E-state index < -0.39 is 11.4 Å². The summed E-state index contributed by atoms with van der Waals surface area (Å²) in [7, 11) is 0. The molecule has 18 heavy (non-hydrogen) atoms. The number of aromatic nitrogens is 1. The summed E-state index contributed by atoms with van der Waals surface area (Å²) in [5, 5.41) is 10.4. The van der Waals surface area contributed by atoms with Gasteiger partial charge in [0.05, 0.1) is 11.8 Å². The van der Waals surface area contributed by atoms with Crippen LogP contribution in [-0.2, 0) is 12.0 Å². The second-order valence-electron chi connectivity index (χ2n) is 4.47. The van der Waals surface area contributed by atoms with Gasteiger partial charge in [-0.25, -0.2) is 4.39 Å². The maximum absolute atomic E-state index is 13.1. The predicted molar refractivity (Wildman–Crippen MR) is 71.6 cm³/mol. The SMILES string of the molecule is CC(O)(Cc1cccc(Br)c1)c1cncc(F)c1. The van der Waals surface area contributed by atoms with Gasteiger partial charge in [-0.2, -0.15) is 0 Å². The van der Waals surface area contributed by atoms with Crippen molar-refractivity contribution in [3.8, 4) is 0 Å². The Kier molecular flexibility index (Phi) is 3.78. The number of aliphatic hydroxyl groups is 1. The third-order valence-electron chi connectivity index (χ3n) is 2.76. The van der Waals surface area contributed by atoms with Crippen LogP contribution in [-0.4, -0.2) is 10.1 Å². The Morgan fingerprint density at radius 1 is 1.33 bits per heavy atom. The molecule has 4 heteroatoms. The Bertz CT molecular complexity index is 557. The number of nitrogens with zero attached hydrogens (tertiary/aromatic N) is 1. The number of rotatable bonds is 3. The molecule has 2 aromatic rings. The first-order valence-electron chi connectivity index (χ1n) is 5.55. The Balaban J connectivity index is 2.26. The van der Waals surface area contributed by atoms with Crippen molar-refractivity contribution in [3.63, 3.8) is 0 Å². The minimum atomic E-state index is -1.14. The van der Waals surface area contributed by atoms with Crippen molar-refractivity contribution in [2.24, 2.45) is 0 Å². The summed E-state index contributed by atoms with van der Waals surface area (Å²) < 4.78 is 14.1. The first-order chi connectivity index (χ1) is 8.47. The third-order valence-corrected chi connectivity index (χ3v) is 3.26. The lowest BCUT2D eigenvalue weighted by molar-refractivity contribution is 0.0569. The zero-order valence-corrected chi connectivity index (χ0v) is 11.5. The van der Waals surface area contributed by atoms with Gasteiger partial charge in [-0.15, -0.1) is 0 Å². The Morgan fingerprint density at radius 2 is 2.11 bits per heavy atom. The lowest BCUT2D eigenvalue weighted by atomic mass is 9.90.